The van der Waals surface area contributed by atoms with Gasteiger partial charge >= 0.3 is 0 Å². The summed E-state index contributed by atoms with van der Waals surface area (Å²) in [5.74, 6) is 0.122. The lowest BCUT2D eigenvalue weighted by molar-refractivity contribution is 0.619. The third-order valence-electron chi connectivity index (χ3n) is 2.00. The van der Waals surface area contributed by atoms with Crippen molar-refractivity contribution in [1.29, 1.82) is 0 Å². The fraction of sp³-hybridized carbons (Fsp3) is 0.100. The summed E-state index contributed by atoms with van der Waals surface area (Å²) in [4.78, 5) is 0. The molecule has 0 saturated carbocycles. The minimum absolute atomic E-state index is 0.311. The first-order valence-electron chi connectivity index (χ1n) is 4.38. The zero-order valence-corrected chi connectivity index (χ0v) is 8.58. The van der Waals surface area contributed by atoms with Crippen molar-refractivity contribution in [2.45, 2.75) is 6.54 Å². The summed E-state index contributed by atoms with van der Waals surface area (Å²) in [6, 6.07) is 5.91. The molecule has 2 aromatic rings. The molecule has 2 N–H and O–H groups in total. The zero-order valence-electron chi connectivity index (χ0n) is 7.82. The molecule has 78 valence electrons. The van der Waals surface area contributed by atoms with Crippen molar-refractivity contribution in [1.82, 2.24) is 9.78 Å². The molecule has 0 radical (unpaired) electrons. The molecule has 3 nitrogen and oxygen atoms in total. The molecule has 0 unspecified atom stereocenters. The van der Waals surface area contributed by atoms with Crippen LogP contribution >= 0.6 is 11.6 Å². The Bertz CT molecular complexity index is 481. The van der Waals surface area contributed by atoms with Crippen molar-refractivity contribution in [2.75, 3.05) is 5.73 Å². The fourth-order valence-corrected chi connectivity index (χ4v) is 1.48. The SMILES string of the molecule is Nc1ccn(Cc2cc(F)ccc2Cl)n1. The maximum absolute atomic E-state index is 12.9. The quantitative estimate of drug-likeness (QED) is 0.853. The van der Waals surface area contributed by atoms with E-state index in [9.17, 15) is 4.39 Å². The van der Waals surface area contributed by atoms with E-state index in [1.807, 2.05) is 0 Å². The van der Waals surface area contributed by atoms with Crippen LogP contribution in [0.5, 0.6) is 0 Å². The van der Waals surface area contributed by atoms with Gasteiger partial charge in [0.05, 0.1) is 6.54 Å². The molecule has 1 aromatic carbocycles. The van der Waals surface area contributed by atoms with Gasteiger partial charge in [-0.2, -0.15) is 5.10 Å². The maximum Gasteiger partial charge on any atom is 0.145 e. The molecule has 0 saturated heterocycles. The lowest BCUT2D eigenvalue weighted by atomic mass is 10.2. The Kier molecular flexibility index (Phi) is 2.60. The summed E-state index contributed by atoms with van der Waals surface area (Å²) in [5.41, 5.74) is 6.14. The highest BCUT2D eigenvalue weighted by Gasteiger charge is 2.03. The summed E-state index contributed by atoms with van der Waals surface area (Å²) in [6.45, 7) is 0.411. The highest BCUT2D eigenvalue weighted by Crippen LogP contribution is 2.18. The van der Waals surface area contributed by atoms with E-state index in [-0.39, 0.29) is 5.82 Å². The third kappa shape index (κ3) is 2.27. The second-order valence-electron chi connectivity index (χ2n) is 3.17. The number of nitrogen functional groups attached to an aromatic ring is 1. The Morgan fingerprint density at radius 1 is 1.40 bits per heavy atom. The summed E-state index contributed by atoms with van der Waals surface area (Å²) in [6.07, 6.45) is 1.72. The van der Waals surface area contributed by atoms with Crippen LogP contribution in [0, 0.1) is 5.82 Å². The van der Waals surface area contributed by atoms with Gasteiger partial charge < -0.3 is 5.73 Å². The Hall–Kier alpha value is -1.55. The van der Waals surface area contributed by atoms with Gasteiger partial charge in [-0.25, -0.2) is 4.39 Å². The summed E-state index contributed by atoms with van der Waals surface area (Å²) in [7, 11) is 0. The maximum atomic E-state index is 12.9. The Morgan fingerprint density at radius 2 is 2.20 bits per heavy atom. The van der Waals surface area contributed by atoms with E-state index in [1.54, 1.807) is 16.9 Å². The minimum atomic E-state index is -0.311. The van der Waals surface area contributed by atoms with Crippen LogP contribution in [0.2, 0.25) is 5.02 Å². The molecule has 0 bridgehead atoms. The van der Waals surface area contributed by atoms with Crippen LogP contribution in [0.1, 0.15) is 5.56 Å². The van der Waals surface area contributed by atoms with Gasteiger partial charge in [-0.15, -0.1) is 0 Å². The molecule has 1 heterocycles. The first kappa shape index (κ1) is 9.98. The Balaban J connectivity index is 2.27. The standard InChI is InChI=1S/C10H9ClFN3/c11-9-2-1-8(12)5-7(9)6-15-4-3-10(13)14-15/h1-5H,6H2,(H2,13,14). The van der Waals surface area contributed by atoms with E-state index in [2.05, 4.69) is 5.10 Å². The molecule has 1 aromatic heterocycles. The summed E-state index contributed by atoms with van der Waals surface area (Å²) < 4.78 is 14.5. The first-order chi connectivity index (χ1) is 7.15. The fourth-order valence-electron chi connectivity index (χ4n) is 1.30. The highest BCUT2D eigenvalue weighted by molar-refractivity contribution is 6.31. The topological polar surface area (TPSA) is 43.8 Å². The number of hydrogen-bond donors (Lipinski definition) is 1. The molecule has 0 fully saturated rings. The van der Waals surface area contributed by atoms with Gasteiger partial charge in [0.25, 0.3) is 0 Å². The van der Waals surface area contributed by atoms with Crippen LogP contribution in [0.15, 0.2) is 30.5 Å². The van der Waals surface area contributed by atoms with Crippen LogP contribution in [0.3, 0.4) is 0 Å². The van der Waals surface area contributed by atoms with Crippen LogP contribution in [0.4, 0.5) is 10.2 Å². The summed E-state index contributed by atoms with van der Waals surface area (Å²) in [5, 5.41) is 4.51. The van der Waals surface area contributed by atoms with E-state index in [1.165, 1.54) is 18.2 Å². The van der Waals surface area contributed by atoms with Crippen molar-refractivity contribution < 1.29 is 4.39 Å². The van der Waals surface area contributed by atoms with Crippen LogP contribution < -0.4 is 5.73 Å². The average Bonchev–Trinajstić information content (AvgIpc) is 2.58. The smallest absolute Gasteiger partial charge is 0.145 e. The second-order valence-corrected chi connectivity index (χ2v) is 3.58. The van der Waals surface area contributed by atoms with Gasteiger partial charge in [-0.05, 0) is 29.8 Å². The molecule has 0 aliphatic carbocycles. The third-order valence-corrected chi connectivity index (χ3v) is 2.37. The summed E-state index contributed by atoms with van der Waals surface area (Å²) >= 11 is 5.91. The lowest BCUT2D eigenvalue weighted by Gasteiger charge is -2.04. The minimum Gasteiger partial charge on any atom is -0.382 e. The van der Waals surface area contributed by atoms with E-state index < -0.39 is 0 Å². The number of anilines is 1. The van der Waals surface area contributed by atoms with Gasteiger partial charge in [-0.1, -0.05) is 11.6 Å². The zero-order chi connectivity index (χ0) is 10.8. The van der Waals surface area contributed by atoms with Gasteiger partial charge in [0, 0.05) is 11.2 Å². The highest BCUT2D eigenvalue weighted by atomic mass is 35.5. The second kappa shape index (κ2) is 3.90. The van der Waals surface area contributed by atoms with E-state index >= 15 is 0 Å². The number of nitrogens with zero attached hydrogens (tertiary/aromatic N) is 2. The monoisotopic (exact) mass is 225 g/mol. The van der Waals surface area contributed by atoms with Gasteiger partial charge in [0.1, 0.15) is 11.6 Å². The molecule has 0 aliphatic rings. The molecule has 2 rings (SSSR count). The van der Waals surface area contributed by atoms with E-state index in [4.69, 9.17) is 17.3 Å². The van der Waals surface area contributed by atoms with Gasteiger partial charge in [0.15, 0.2) is 0 Å². The van der Waals surface area contributed by atoms with Gasteiger partial charge in [-0.3, -0.25) is 4.68 Å². The molecule has 0 aliphatic heterocycles. The van der Waals surface area contributed by atoms with Crippen molar-refractivity contribution in [3.05, 3.63) is 46.9 Å². The predicted molar refractivity (Wildman–Crippen MR) is 57.2 cm³/mol. The van der Waals surface area contributed by atoms with Crippen molar-refractivity contribution in [3.63, 3.8) is 0 Å². The number of nitrogens with two attached hydrogens (primary N) is 1. The molecule has 15 heavy (non-hydrogen) atoms. The number of rotatable bonds is 2. The molecular weight excluding hydrogens is 217 g/mol. The van der Waals surface area contributed by atoms with E-state index in [0.717, 1.165) is 0 Å². The van der Waals surface area contributed by atoms with Crippen molar-refractivity contribution >= 4 is 17.4 Å². The average molecular weight is 226 g/mol. The molecule has 5 heteroatoms. The molecule has 0 spiro atoms. The van der Waals surface area contributed by atoms with Crippen molar-refractivity contribution in [2.24, 2.45) is 0 Å². The first-order valence-corrected chi connectivity index (χ1v) is 4.76. The molecule has 0 amide bonds. The molecule has 0 atom stereocenters. The van der Waals surface area contributed by atoms with Crippen molar-refractivity contribution in [3.8, 4) is 0 Å². The van der Waals surface area contributed by atoms with E-state index in [0.29, 0.717) is 22.9 Å². The lowest BCUT2D eigenvalue weighted by Crippen LogP contribution is -2.02. The van der Waals surface area contributed by atoms with Crippen LogP contribution in [-0.2, 0) is 6.54 Å². The number of benzene rings is 1. The number of aromatic nitrogens is 2. The largest absolute Gasteiger partial charge is 0.382 e. The number of halogens is 2. The van der Waals surface area contributed by atoms with Gasteiger partial charge in [0.2, 0.25) is 0 Å². The Morgan fingerprint density at radius 3 is 2.87 bits per heavy atom. The molecular formula is C10H9ClFN3. The van der Waals surface area contributed by atoms with Crippen LogP contribution in [0.25, 0.3) is 0 Å². The van der Waals surface area contributed by atoms with Crippen LogP contribution in [-0.4, -0.2) is 9.78 Å². The Labute approximate surface area is 91.3 Å². The number of hydrogen-bond acceptors (Lipinski definition) is 2. The predicted octanol–water partition coefficient (Wildman–Crippen LogP) is 2.31. The normalized spacial score (nSPS) is 10.5.